The van der Waals surface area contributed by atoms with E-state index in [1.807, 2.05) is 108 Å². The molecular formula is C92H111N13O15. The van der Waals surface area contributed by atoms with Crippen LogP contribution >= 0.6 is 0 Å². The van der Waals surface area contributed by atoms with Gasteiger partial charge in [-0.05, 0) is 205 Å². The summed E-state index contributed by atoms with van der Waals surface area (Å²) in [5, 5.41) is 12.6. The predicted octanol–water partition coefficient (Wildman–Crippen LogP) is 15.2. The normalized spacial score (nSPS) is 21.4. The third-order valence-electron chi connectivity index (χ3n) is 24.9. The van der Waals surface area contributed by atoms with Gasteiger partial charge >= 0.3 is 24.4 Å². The van der Waals surface area contributed by atoms with Crippen LogP contribution in [0.4, 0.5) is 30.6 Å². The van der Waals surface area contributed by atoms with E-state index in [0.717, 1.165) is 167 Å². The van der Waals surface area contributed by atoms with Crippen LogP contribution in [-0.4, -0.2) is 203 Å². The highest BCUT2D eigenvalue weighted by Crippen LogP contribution is 2.49. The number of ether oxygens (including phenoxy) is 8. The average molecular weight is 1640 g/mol. The molecule has 4 fully saturated rings. The van der Waals surface area contributed by atoms with Crippen molar-refractivity contribution in [2.24, 2.45) is 39.6 Å². The first kappa shape index (κ1) is 83.7. The first-order chi connectivity index (χ1) is 57.5. The van der Waals surface area contributed by atoms with Crippen LogP contribution in [0.3, 0.4) is 0 Å². The van der Waals surface area contributed by atoms with Gasteiger partial charge in [-0.1, -0.05) is 77.9 Å². The number of amides is 7. The van der Waals surface area contributed by atoms with Crippen molar-refractivity contribution in [3.05, 3.63) is 131 Å². The number of hydrogen-bond acceptors (Lipinski definition) is 19. The largest absolute Gasteiger partial charge is 0.488 e. The van der Waals surface area contributed by atoms with E-state index in [9.17, 15) is 33.6 Å². The van der Waals surface area contributed by atoms with Crippen molar-refractivity contribution < 1.29 is 71.5 Å². The molecule has 8 aromatic rings. The number of aliphatic imine (C=N–C) groups is 2. The minimum atomic E-state index is -0.734. The molecule has 7 amide bonds. The molecule has 10 heterocycles. The second-order valence-electron chi connectivity index (χ2n) is 35.2. The molecule has 8 aliphatic heterocycles. The number of imidazole rings is 2. The lowest BCUT2D eigenvalue weighted by Gasteiger charge is -2.32. The molecule has 11 atom stereocenters. The fourth-order valence-electron chi connectivity index (χ4n) is 18.9. The Morgan fingerprint density at radius 3 is 1.31 bits per heavy atom. The van der Waals surface area contributed by atoms with Crippen LogP contribution in [0.5, 0.6) is 11.5 Å². The van der Waals surface area contributed by atoms with Gasteiger partial charge in [0.15, 0.2) is 0 Å². The molecular weight excluding hydrogens is 1530 g/mol. The van der Waals surface area contributed by atoms with Gasteiger partial charge < -0.3 is 78.5 Å². The van der Waals surface area contributed by atoms with E-state index in [1.54, 1.807) is 14.2 Å². The molecule has 120 heavy (non-hydrogen) atoms. The molecule has 6 aromatic carbocycles. The van der Waals surface area contributed by atoms with Crippen molar-refractivity contribution in [3.8, 4) is 56.3 Å². The van der Waals surface area contributed by atoms with Gasteiger partial charge in [-0.25, -0.2) is 29.1 Å². The number of aromatic amines is 2. The molecule has 5 N–H and O–H groups in total. The fourth-order valence-corrected chi connectivity index (χ4v) is 18.9. The monoisotopic (exact) mass is 1640 g/mol. The van der Waals surface area contributed by atoms with E-state index < -0.39 is 42.0 Å². The Kier molecular flexibility index (Phi) is 24.0. The Balaban J connectivity index is 0.000000187. The lowest BCUT2D eigenvalue weighted by molar-refractivity contribution is -0.138. The van der Waals surface area contributed by atoms with Crippen LogP contribution in [0.1, 0.15) is 161 Å². The summed E-state index contributed by atoms with van der Waals surface area (Å²) < 4.78 is 44.2. The van der Waals surface area contributed by atoms with Gasteiger partial charge in [0.25, 0.3) is 0 Å². The van der Waals surface area contributed by atoms with Gasteiger partial charge in [-0.2, -0.15) is 0 Å². The molecule has 0 aliphatic carbocycles. The molecule has 28 nitrogen and oxygen atoms in total. The molecule has 634 valence electrons. The third-order valence-corrected chi connectivity index (χ3v) is 24.9. The summed E-state index contributed by atoms with van der Waals surface area (Å²) in [6.45, 7) is 24.2. The maximum atomic E-state index is 14.1. The number of carbonyl (C=O) groups is 7. The van der Waals surface area contributed by atoms with Gasteiger partial charge in [0.05, 0.1) is 93.9 Å². The smallest absolute Gasteiger partial charge is 0.410 e. The molecule has 0 radical (unpaired) electrons. The van der Waals surface area contributed by atoms with Crippen LogP contribution in [0.2, 0.25) is 0 Å². The average Bonchev–Trinajstić information content (AvgIpc) is 1.52. The summed E-state index contributed by atoms with van der Waals surface area (Å²) in [6.07, 6.45) is 7.36. The fraction of sp³-hybridized carbons (Fsp3) is 0.489. The Morgan fingerprint density at radius 1 is 0.500 bits per heavy atom. The van der Waals surface area contributed by atoms with Gasteiger partial charge in [-0.15, -0.1) is 0 Å². The molecule has 0 saturated carbocycles. The van der Waals surface area contributed by atoms with Crippen molar-refractivity contribution >= 4 is 86.4 Å². The van der Waals surface area contributed by atoms with Gasteiger partial charge in [0, 0.05) is 86.6 Å². The number of likely N-dealkylation sites (tertiary alicyclic amines) is 4. The molecule has 0 unspecified atom stereocenters. The summed E-state index contributed by atoms with van der Waals surface area (Å²) in [6, 6.07) is 26.7. The number of nitrogens with zero attached hydrogens (tertiary/aromatic N) is 8. The molecule has 2 aromatic heterocycles. The molecule has 16 rings (SSSR count). The summed E-state index contributed by atoms with van der Waals surface area (Å²) in [4.78, 5) is 126. The molecule has 8 aliphatic rings. The highest BCUT2D eigenvalue weighted by Gasteiger charge is 2.47. The van der Waals surface area contributed by atoms with E-state index in [0.29, 0.717) is 58.2 Å². The number of methoxy groups -OCH3 is 5. The van der Waals surface area contributed by atoms with Crippen LogP contribution in [-0.2, 0) is 68.9 Å². The number of H-pyrrole nitrogens is 2. The molecule has 4 saturated heterocycles. The topological polar surface area (TPSA) is 324 Å². The lowest BCUT2D eigenvalue weighted by atomic mass is 9.90. The SMILES string of the molecule is COC[C@H]1C[C@@H](C2=Nc3ccc4cc5c(cc4c3C2)OCc2cc(-c3cnc([C@@H]4CC[C@H](C)N4C(=O)[C@@H](NC(=O)OC)C(C)C)[nH]3)ccc2-5)N(C(=O)OC(C)(C)C)C1.COC[C@H]1C[C@@H](C2=Nc3ccc4cc5c(cc4c3C2)OCc2cc(-c3cnc([C@@H]4CC[C@H](C)N4C(=O)[C@@H](NC(=O)OC)C(C)C)[nH]3)ccc2-5)N(C(=O)[C@@H](NC(=O)OC)C(C)C)C1. The minimum Gasteiger partial charge on any atom is -0.488 e. The zero-order valence-corrected chi connectivity index (χ0v) is 71.4. The number of rotatable bonds is 19. The summed E-state index contributed by atoms with van der Waals surface area (Å²) in [5.41, 5.74) is 15.4. The summed E-state index contributed by atoms with van der Waals surface area (Å²) in [5.74, 6) is 2.57. The lowest BCUT2D eigenvalue weighted by Crippen LogP contribution is -2.53. The van der Waals surface area contributed by atoms with Crippen LogP contribution in [0, 0.1) is 29.6 Å². The summed E-state index contributed by atoms with van der Waals surface area (Å²) >= 11 is 0. The van der Waals surface area contributed by atoms with Crippen LogP contribution < -0.4 is 25.4 Å². The van der Waals surface area contributed by atoms with Crippen molar-refractivity contribution in [3.63, 3.8) is 0 Å². The Morgan fingerprint density at radius 2 is 0.908 bits per heavy atom. The number of carbonyl (C=O) groups excluding carboxylic acids is 7. The van der Waals surface area contributed by atoms with Gasteiger partial charge in [-0.3, -0.25) is 29.3 Å². The van der Waals surface area contributed by atoms with Crippen molar-refractivity contribution in [1.29, 1.82) is 0 Å². The highest BCUT2D eigenvalue weighted by molar-refractivity contribution is 6.08. The van der Waals surface area contributed by atoms with Gasteiger partial charge in [0.1, 0.15) is 60.1 Å². The second-order valence-corrected chi connectivity index (χ2v) is 35.2. The van der Waals surface area contributed by atoms with Crippen molar-refractivity contribution in [1.82, 2.24) is 55.5 Å². The minimum absolute atomic E-state index is 0.00455. The highest BCUT2D eigenvalue weighted by atomic mass is 16.6. The van der Waals surface area contributed by atoms with Crippen LogP contribution in [0.25, 0.3) is 66.3 Å². The number of benzene rings is 6. The Labute approximate surface area is 699 Å². The molecule has 28 heteroatoms. The zero-order valence-electron chi connectivity index (χ0n) is 71.4. The number of nitrogens with one attached hydrogen (secondary N) is 5. The Hall–Kier alpha value is -11.4. The van der Waals surface area contributed by atoms with E-state index in [2.05, 4.69) is 111 Å². The molecule has 0 bridgehead atoms. The molecule has 0 spiro atoms. The predicted molar refractivity (Wildman–Crippen MR) is 455 cm³/mol. The standard InChI is InChI=1S/C47H57N7O8.C45H54N6O7/c1-24(2)41(51-46(57)60-7)44(55)53-21-27(22-59-6)15-39(53)36-18-33-32-19-40-34(17-28(32)11-13-35(33)49-36)31-12-10-29(16-30(31)23-62-40)37-20-48-43(50-37)38-14-9-26(5)54(38)45(56)42(25(3)4)52-47(58)61-8;1-24(2)40(49-43(53)56-8)42(52)51-25(3)9-14-37(51)41-46-20-36(48-41)28-10-12-30-29(16-28)23-57-39-19-31-27(17-33(30)39)11-13-34-32(31)18-35(47-34)38-15-26(22-55-7)21-50(38)44(54)58-45(4,5)6/h10-13,16-17,19-20,24-27,38-39,41-42H,9,14-15,18,21-23H2,1-8H3,(H,48,50)(H,51,57)(H,52,58);10-13,16-17,19-20,24-26,37-38,40H,9,14-15,18,21-23H2,1-8H3,(H,46,48)(H,49,53)/t26-,27-,38-,39-,41-,42-;25-,26-,37-,38-,40-/m00/s1. The van der Waals surface area contributed by atoms with E-state index in [-0.39, 0.29) is 89.7 Å². The van der Waals surface area contributed by atoms with E-state index >= 15 is 0 Å². The number of aromatic nitrogens is 4. The van der Waals surface area contributed by atoms with Crippen molar-refractivity contribution in [2.75, 3.05) is 61.9 Å². The second kappa shape index (κ2) is 34.4. The van der Waals surface area contributed by atoms with E-state index in [1.165, 1.54) is 21.3 Å². The van der Waals surface area contributed by atoms with Crippen molar-refractivity contribution in [2.45, 2.75) is 201 Å². The number of hydrogen-bond donors (Lipinski definition) is 5. The summed E-state index contributed by atoms with van der Waals surface area (Å²) in [7, 11) is 7.26. The first-order valence-corrected chi connectivity index (χ1v) is 41.9. The third kappa shape index (κ3) is 16.6. The number of fused-ring (bicyclic) bond motifs is 12. The van der Waals surface area contributed by atoms with E-state index in [4.69, 9.17) is 57.8 Å². The van der Waals surface area contributed by atoms with Crippen LogP contribution in [0.15, 0.2) is 107 Å². The number of alkyl carbamates (subject to hydrolysis) is 3. The first-order valence-electron chi connectivity index (χ1n) is 41.9. The van der Waals surface area contributed by atoms with Gasteiger partial charge in [0.2, 0.25) is 17.7 Å². The zero-order chi connectivity index (χ0) is 85.0. The maximum Gasteiger partial charge on any atom is 0.410 e. The maximum absolute atomic E-state index is 14.1. The Bertz CT molecular complexity index is 5370. The quantitative estimate of drug-likeness (QED) is 0.0470.